The molecule has 0 atom stereocenters. The van der Waals surface area contributed by atoms with Gasteiger partial charge in [0.1, 0.15) is 0 Å². The van der Waals surface area contributed by atoms with Crippen molar-refractivity contribution < 1.29 is 10.0 Å². The Morgan fingerprint density at radius 2 is 2.18 bits per heavy atom. The fourth-order valence-electron chi connectivity index (χ4n) is 1.32. The third-order valence-electron chi connectivity index (χ3n) is 2.21. The first kappa shape index (κ1) is 12.9. The molecule has 0 unspecified atom stereocenters. The van der Waals surface area contributed by atoms with Gasteiger partial charge in [-0.05, 0) is 19.9 Å². The summed E-state index contributed by atoms with van der Waals surface area (Å²) in [6, 6.07) is 1.66. The minimum atomic E-state index is -0.243. The molecule has 0 fully saturated rings. The number of amidine groups is 1. The van der Waals surface area contributed by atoms with E-state index in [1.807, 2.05) is 0 Å². The molecular weight excluding hydrogens is 222 g/mol. The summed E-state index contributed by atoms with van der Waals surface area (Å²) in [7, 11) is 1.57. The highest BCUT2D eigenvalue weighted by Gasteiger charge is 2.16. The van der Waals surface area contributed by atoms with Gasteiger partial charge in [-0.15, -0.1) is 0 Å². The summed E-state index contributed by atoms with van der Waals surface area (Å²) in [4.78, 5) is 13.4. The van der Waals surface area contributed by atoms with Crippen LogP contribution >= 0.6 is 0 Å². The van der Waals surface area contributed by atoms with Crippen molar-refractivity contribution in [2.75, 3.05) is 13.6 Å². The number of aromatic nitrogens is 2. The SMILES string of the molecule is Cc1cc(C(=O)N(C)C/C(N)=N/O)c(C)nn1. The molecule has 0 saturated heterocycles. The zero-order chi connectivity index (χ0) is 13.0. The number of carbonyl (C=O) groups excluding carboxylic acids is 1. The van der Waals surface area contributed by atoms with Gasteiger partial charge in [0.05, 0.1) is 23.5 Å². The maximum atomic E-state index is 12.0. The van der Waals surface area contributed by atoms with E-state index in [1.54, 1.807) is 27.0 Å². The van der Waals surface area contributed by atoms with E-state index >= 15 is 0 Å². The van der Waals surface area contributed by atoms with Crippen molar-refractivity contribution in [3.8, 4) is 0 Å². The van der Waals surface area contributed by atoms with E-state index < -0.39 is 0 Å². The van der Waals surface area contributed by atoms with E-state index in [-0.39, 0.29) is 18.3 Å². The molecule has 0 bridgehead atoms. The maximum Gasteiger partial charge on any atom is 0.255 e. The largest absolute Gasteiger partial charge is 0.409 e. The van der Waals surface area contributed by atoms with Gasteiger partial charge in [-0.25, -0.2) is 0 Å². The smallest absolute Gasteiger partial charge is 0.255 e. The lowest BCUT2D eigenvalue weighted by Gasteiger charge is -2.16. The van der Waals surface area contributed by atoms with E-state index in [4.69, 9.17) is 10.9 Å². The number of oxime groups is 1. The van der Waals surface area contributed by atoms with Crippen LogP contribution in [0.3, 0.4) is 0 Å². The normalized spacial score (nSPS) is 11.4. The minimum Gasteiger partial charge on any atom is -0.409 e. The van der Waals surface area contributed by atoms with Gasteiger partial charge in [0.25, 0.3) is 5.91 Å². The molecule has 0 radical (unpaired) electrons. The summed E-state index contributed by atoms with van der Waals surface area (Å²) < 4.78 is 0. The molecule has 0 aliphatic carbocycles. The molecule has 1 rings (SSSR count). The number of aryl methyl sites for hydroxylation is 2. The molecule has 0 aromatic carbocycles. The fourth-order valence-corrected chi connectivity index (χ4v) is 1.32. The van der Waals surface area contributed by atoms with E-state index in [9.17, 15) is 4.79 Å². The summed E-state index contributed by atoms with van der Waals surface area (Å²) in [6.07, 6.45) is 0. The van der Waals surface area contributed by atoms with Crippen molar-refractivity contribution >= 4 is 11.7 Å². The lowest BCUT2D eigenvalue weighted by molar-refractivity contribution is 0.0812. The molecule has 0 spiro atoms. The van der Waals surface area contributed by atoms with Gasteiger partial charge >= 0.3 is 0 Å². The summed E-state index contributed by atoms with van der Waals surface area (Å²) in [6.45, 7) is 3.51. The summed E-state index contributed by atoms with van der Waals surface area (Å²) >= 11 is 0. The number of carbonyl (C=O) groups is 1. The van der Waals surface area contributed by atoms with E-state index in [0.717, 1.165) is 0 Å². The maximum absolute atomic E-state index is 12.0. The van der Waals surface area contributed by atoms with Crippen molar-refractivity contribution in [3.05, 3.63) is 23.0 Å². The Balaban J connectivity index is 2.92. The molecule has 1 amide bonds. The summed E-state index contributed by atoms with van der Waals surface area (Å²) in [5.41, 5.74) is 7.01. The zero-order valence-electron chi connectivity index (χ0n) is 10.0. The van der Waals surface area contributed by atoms with Crippen LogP contribution in [0.5, 0.6) is 0 Å². The Bertz CT molecular complexity index is 458. The topological polar surface area (TPSA) is 105 Å². The first-order valence-corrected chi connectivity index (χ1v) is 4.98. The number of hydrogen-bond donors (Lipinski definition) is 2. The monoisotopic (exact) mass is 237 g/mol. The number of amides is 1. The molecule has 17 heavy (non-hydrogen) atoms. The Morgan fingerprint density at radius 1 is 1.53 bits per heavy atom. The standard InChI is InChI=1S/C10H15N5O2/c1-6-4-8(7(2)13-12-6)10(16)15(3)5-9(11)14-17/h4,17H,5H2,1-3H3,(H2,11,14). The second-order valence-corrected chi connectivity index (χ2v) is 3.74. The first-order chi connectivity index (χ1) is 7.95. The number of likely N-dealkylation sites (N-methyl/N-ethyl adjacent to an activating group) is 1. The van der Waals surface area contributed by atoms with Crippen molar-refractivity contribution in [2.24, 2.45) is 10.9 Å². The van der Waals surface area contributed by atoms with E-state index in [1.165, 1.54) is 4.90 Å². The van der Waals surface area contributed by atoms with Crippen molar-refractivity contribution in [2.45, 2.75) is 13.8 Å². The molecule has 1 heterocycles. The second kappa shape index (κ2) is 5.24. The van der Waals surface area contributed by atoms with Gasteiger partial charge in [0.15, 0.2) is 5.84 Å². The number of hydrogen-bond acceptors (Lipinski definition) is 5. The minimum absolute atomic E-state index is 0.0303. The van der Waals surface area contributed by atoms with Crippen LogP contribution in [0.25, 0.3) is 0 Å². The van der Waals surface area contributed by atoms with Gasteiger partial charge in [-0.1, -0.05) is 5.16 Å². The Hall–Kier alpha value is -2.18. The quantitative estimate of drug-likeness (QED) is 0.331. The van der Waals surface area contributed by atoms with Crippen LogP contribution in [-0.2, 0) is 0 Å². The fraction of sp³-hybridized carbons (Fsp3) is 0.400. The predicted molar refractivity (Wildman–Crippen MR) is 61.9 cm³/mol. The molecule has 0 aliphatic rings. The van der Waals surface area contributed by atoms with Crippen molar-refractivity contribution in [1.29, 1.82) is 0 Å². The van der Waals surface area contributed by atoms with Crippen LogP contribution in [-0.4, -0.2) is 45.6 Å². The Morgan fingerprint density at radius 3 is 2.76 bits per heavy atom. The van der Waals surface area contributed by atoms with Crippen LogP contribution < -0.4 is 5.73 Å². The van der Waals surface area contributed by atoms with Crippen LogP contribution in [0.1, 0.15) is 21.7 Å². The number of nitrogens with two attached hydrogens (primary N) is 1. The average Bonchev–Trinajstić information content (AvgIpc) is 2.31. The van der Waals surface area contributed by atoms with Gasteiger partial charge < -0.3 is 15.8 Å². The highest BCUT2D eigenvalue weighted by molar-refractivity contribution is 5.97. The molecule has 7 heteroatoms. The van der Waals surface area contributed by atoms with E-state index in [0.29, 0.717) is 17.0 Å². The van der Waals surface area contributed by atoms with Crippen LogP contribution in [0.15, 0.2) is 11.2 Å². The molecule has 0 saturated carbocycles. The molecular formula is C10H15N5O2. The van der Waals surface area contributed by atoms with Gasteiger partial charge in [-0.3, -0.25) is 4.79 Å². The molecule has 1 aromatic heterocycles. The lowest BCUT2D eigenvalue weighted by Crippen LogP contribution is -2.36. The first-order valence-electron chi connectivity index (χ1n) is 4.98. The van der Waals surface area contributed by atoms with Crippen LogP contribution in [0.4, 0.5) is 0 Å². The van der Waals surface area contributed by atoms with Gasteiger partial charge in [0.2, 0.25) is 0 Å². The third kappa shape index (κ3) is 3.13. The van der Waals surface area contributed by atoms with Crippen molar-refractivity contribution in [3.63, 3.8) is 0 Å². The van der Waals surface area contributed by atoms with Gasteiger partial charge in [0, 0.05) is 7.05 Å². The molecule has 3 N–H and O–H groups in total. The Kier molecular flexibility index (Phi) is 3.97. The summed E-state index contributed by atoms with van der Waals surface area (Å²) in [5, 5.41) is 19.0. The predicted octanol–water partition coefficient (Wildman–Crippen LogP) is -0.0882. The van der Waals surface area contributed by atoms with Crippen LogP contribution in [0.2, 0.25) is 0 Å². The Labute approximate surface area is 98.9 Å². The average molecular weight is 237 g/mol. The lowest BCUT2D eigenvalue weighted by atomic mass is 10.2. The number of rotatable bonds is 3. The van der Waals surface area contributed by atoms with E-state index in [2.05, 4.69) is 15.4 Å². The third-order valence-corrected chi connectivity index (χ3v) is 2.21. The van der Waals surface area contributed by atoms with Crippen molar-refractivity contribution in [1.82, 2.24) is 15.1 Å². The highest BCUT2D eigenvalue weighted by Crippen LogP contribution is 2.08. The second-order valence-electron chi connectivity index (χ2n) is 3.74. The number of nitrogens with zero attached hydrogens (tertiary/aromatic N) is 4. The van der Waals surface area contributed by atoms with Crippen LogP contribution in [0, 0.1) is 13.8 Å². The van der Waals surface area contributed by atoms with Gasteiger partial charge in [-0.2, -0.15) is 10.2 Å². The molecule has 7 nitrogen and oxygen atoms in total. The zero-order valence-corrected chi connectivity index (χ0v) is 10.0. The summed E-state index contributed by atoms with van der Waals surface area (Å²) in [5.74, 6) is -0.274. The molecule has 1 aromatic rings. The highest BCUT2D eigenvalue weighted by atomic mass is 16.4. The molecule has 92 valence electrons. The molecule has 0 aliphatic heterocycles.